The summed E-state index contributed by atoms with van der Waals surface area (Å²) >= 11 is 0. The normalized spacial score (nSPS) is 11.8. The van der Waals surface area contributed by atoms with E-state index in [2.05, 4.69) is 47.8 Å². The summed E-state index contributed by atoms with van der Waals surface area (Å²) in [6.45, 7) is 1.81. The third-order valence-corrected chi connectivity index (χ3v) is 6.57. The highest BCUT2D eigenvalue weighted by atomic mass is 16.5. The van der Waals surface area contributed by atoms with Gasteiger partial charge >= 0.3 is 0 Å². The van der Waals surface area contributed by atoms with Crippen LogP contribution in [0.1, 0.15) is 82.8 Å². The van der Waals surface area contributed by atoms with E-state index in [4.69, 9.17) is 4.74 Å². The van der Waals surface area contributed by atoms with E-state index in [1.165, 1.54) is 17.7 Å². The third kappa shape index (κ3) is 10.3. The van der Waals surface area contributed by atoms with Crippen LogP contribution in [0, 0.1) is 0 Å². The van der Waals surface area contributed by atoms with Crippen molar-refractivity contribution < 1.29 is 19.4 Å². The molecule has 0 fully saturated rings. The minimum Gasteiger partial charge on any atom is -0.507 e. The lowest BCUT2D eigenvalue weighted by Gasteiger charge is -2.19. The smallest absolute Gasteiger partial charge is 0.176 e. The lowest BCUT2D eigenvalue weighted by molar-refractivity contribution is 0.0986. The fourth-order valence-electron chi connectivity index (χ4n) is 4.40. The van der Waals surface area contributed by atoms with E-state index in [9.17, 15) is 14.7 Å². The number of ketones is 1. The molecule has 3 aromatic carbocycles. The fraction of sp³-hybridized carbons (Fsp3) is 0.375. The molecular formula is C32H39NO4. The number of ether oxygens (including phenoxy) is 1. The molecule has 0 aliphatic heterocycles. The molecule has 5 nitrogen and oxygen atoms in total. The zero-order valence-corrected chi connectivity index (χ0v) is 21.6. The van der Waals surface area contributed by atoms with Crippen molar-refractivity contribution in [3.63, 3.8) is 0 Å². The number of Topliss-reactive ketones (excluding diaryl/α,β-unsaturated/α-hetero) is 1. The first-order valence-corrected chi connectivity index (χ1v) is 13.4. The van der Waals surface area contributed by atoms with E-state index >= 15 is 0 Å². The van der Waals surface area contributed by atoms with Gasteiger partial charge in [0, 0.05) is 24.8 Å². The molecule has 0 radical (unpaired) electrons. The van der Waals surface area contributed by atoms with Crippen LogP contribution < -0.4 is 5.32 Å². The van der Waals surface area contributed by atoms with Gasteiger partial charge in [-0.15, -0.1) is 0 Å². The first-order chi connectivity index (χ1) is 18.2. The first kappa shape index (κ1) is 28.3. The first-order valence-electron chi connectivity index (χ1n) is 13.4. The van der Waals surface area contributed by atoms with Gasteiger partial charge in [0.2, 0.25) is 0 Å². The van der Waals surface area contributed by atoms with Crippen molar-refractivity contribution in [2.24, 2.45) is 0 Å². The predicted octanol–water partition coefficient (Wildman–Crippen LogP) is 6.71. The van der Waals surface area contributed by atoms with Gasteiger partial charge in [-0.05, 0) is 61.4 Å². The van der Waals surface area contributed by atoms with Crippen molar-refractivity contribution in [2.45, 2.75) is 57.4 Å². The number of nitrogens with one attached hydrogen (secondary N) is 1. The third-order valence-electron chi connectivity index (χ3n) is 6.57. The Kier molecular flexibility index (Phi) is 12.6. The topological polar surface area (TPSA) is 75.6 Å². The molecule has 0 aliphatic rings. The molecule has 0 spiro atoms. The van der Waals surface area contributed by atoms with Crippen LogP contribution in [0.2, 0.25) is 0 Å². The van der Waals surface area contributed by atoms with Gasteiger partial charge < -0.3 is 15.2 Å². The molecule has 2 N–H and O–H groups in total. The maximum atomic E-state index is 12.7. The van der Waals surface area contributed by atoms with Gasteiger partial charge in [-0.25, -0.2) is 0 Å². The van der Waals surface area contributed by atoms with E-state index in [0.717, 1.165) is 70.1 Å². The molecular weight excluding hydrogens is 462 g/mol. The maximum Gasteiger partial charge on any atom is 0.176 e. The van der Waals surface area contributed by atoms with Crippen LogP contribution in [0.3, 0.4) is 0 Å². The summed E-state index contributed by atoms with van der Waals surface area (Å²) in [4.78, 5) is 23.8. The lowest BCUT2D eigenvalue weighted by atomic mass is 9.99. The quantitative estimate of drug-likeness (QED) is 0.115. The largest absolute Gasteiger partial charge is 0.507 e. The van der Waals surface area contributed by atoms with Gasteiger partial charge in [-0.3, -0.25) is 9.59 Å². The Labute approximate surface area is 220 Å². The van der Waals surface area contributed by atoms with Crippen LogP contribution in [-0.4, -0.2) is 36.9 Å². The van der Waals surface area contributed by atoms with Gasteiger partial charge in [0.15, 0.2) is 12.1 Å². The maximum absolute atomic E-state index is 12.7. The predicted molar refractivity (Wildman–Crippen MR) is 148 cm³/mol. The SMILES string of the molecule is O=Cc1cc(C(=O)CNC(CCCCCCOCCCCc2ccccc2)c2ccccc2)ccc1O. The second kappa shape index (κ2) is 16.5. The van der Waals surface area contributed by atoms with Gasteiger partial charge in [-0.1, -0.05) is 79.9 Å². The van der Waals surface area contributed by atoms with E-state index in [1.54, 1.807) is 6.07 Å². The Morgan fingerprint density at radius 2 is 1.51 bits per heavy atom. The Hall–Kier alpha value is -3.28. The molecule has 0 aliphatic carbocycles. The number of unbranched alkanes of at least 4 members (excludes halogenated alkanes) is 4. The zero-order chi connectivity index (χ0) is 26.1. The van der Waals surface area contributed by atoms with Gasteiger partial charge in [0.05, 0.1) is 12.1 Å². The minimum absolute atomic E-state index is 0.0775. The van der Waals surface area contributed by atoms with Crippen molar-refractivity contribution >= 4 is 12.1 Å². The van der Waals surface area contributed by atoms with Crippen LogP contribution in [0.25, 0.3) is 0 Å². The number of aldehydes is 1. The molecule has 0 heterocycles. The van der Waals surface area contributed by atoms with Crippen molar-refractivity contribution in [3.05, 3.63) is 101 Å². The van der Waals surface area contributed by atoms with Gasteiger partial charge in [0.1, 0.15) is 5.75 Å². The minimum atomic E-state index is -0.116. The summed E-state index contributed by atoms with van der Waals surface area (Å²) in [6, 6.07) is 25.2. The van der Waals surface area contributed by atoms with Gasteiger partial charge in [0.25, 0.3) is 0 Å². The van der Waals surface area contributed by atoms with Crippen molar-refractivity contribution in [1.82, 2.24) is 5.32 Å². The molecule has 0 saturated carbocycles. The second-order valence-corrected chi connectivity index (χ2v) is 9.42. The van der Waals surface area contributed by atoms with E-state index in [0.29, 0.717) is 11.8 Å². The molecule has 3 rings (SSSR count). The molecule has 37 heavy (non-hydrogen) atoms. The number of aryl methyl sites for hydroxylation is 1. The summed E-state index contributed by atoms with van der Waals surface area (Å²) < 4.78 is 5.81. The summed E-state index contributed by atoms with van der Waals surface area (Å²) in [5.41, 5.74) is 3.09. The number of carbonyl (C=O) groups is 2. The molecule has 0 bridgehead atoms. The Morgan fingerprint density at radius 1 is 0.838 bits per heavy atom. The lowest BCUT2D eigenvalue weighted by Crippen LogP contribution is -2.28. The van der Waals surface area contributed by atoms with Crippen LogP contribution >= 0.6 is 0 Å². The molecule has 196 valence electrons. The molecule has 5 heteroatoms. The van der Waals surface area contributed by atoms with Crippen LogP contribution in [0.4, 0.5) is 0 Å². The number of aromatic hydroxyl groups is 1. The summed E-state index contributed by atoms with van der Waals surface area (Å²) in [5.74, 6) is -0.222. The molecule has 1 unspecified atom stereocenters. The molecule has 1 atom stereocenters. The van der Waals surface area contributed by atoms with E-state index in [-0.39, 0.29) is 29.7 Å². The Morgan fingerprint density at radius 3 is 2.24 bits per heavy atom. The monoisotopic (exact) mass is 501 g/mol. The van der Waals surface area contributed by atoms with E-state index < -0.39 is 0 Å². The molecule has 3 aromatic rings. The number of phenols is 1. The number of hydrogen-bond acceptors (Lipinski definition) is 5. The van der Waals surface area contributed by atoms with Crippen molar-refractivity contribution in [1.29, 1.82) is 0 Å². The standard InChI is InChI=1S/C32H39NO4/c34-25-29-23-28(19-20-31(29)35)32(36)24-33-30(27-16-7-4-8-17-27)18-9-1-2-11-21-37-22-12-10-15-26-13-5-3-6-14-26/h3-8,13-14,16-17,19-20,23,25,30,33,35H,1-2,9-12,15,18,21-22,24H2. The van der Waals surface area contributed by atoms with Crippen molar-refractivity contribution in [3.8, 4) is 5.75 Å². The Balaban J connectivity index is 1.32. The average Bonchev–Trinajstić information content (AvgIpc) is 2.94. The second-order valence-electron chi connectivity index (χ2n) is 9.42. The molecule has 0 amide bonds. The summed E-state index contributed by atoms with van der Waals surface area (Å²) in [5, 5.41) is 13.1. The highest BCUT2D eigenvalue weighted by Crippen LogP contribution is 2.21. The highest BCUT2D eigenvalue weighted by molar-refractivity contribution is 5.99. The zero-order valence-electron chi connectivity index (χ0n) is 21.6. The number of carbonyl (C=O) groups excluding carboxylic acids is 2. The Bertz CT molecular complexity index is 1070. The number of phenolic OH excluding ortho intramolecular Hbond substituents is 1. The highest BCUT2D eigenvalue weighted by Gasteiger charge is 2.14. The molecule has 0 aromatic heterocycles. The van der Waals surface area contributed by atoms with E-state index in [1.807, 2.05) is 18.2 Å². The van der Waals surface area contributed by atoms with Crippen LogP contribution in [0.15, 0.2) is 78.9 Å². The van der Waals surface area contributed by atoms with Crippen LogP contribution in [-0.2, 0) is 11.2 Å². The molecule has 0 saturated heterocycles. The average molecular weight is 502 g/mol. The summed E-state index contributed by atoms with van der Waals surface area (Å²) in [7, 11) is 0. The van der Waals surface area contributed by atoms with Crippen LogP contribution in [0.5, 0.6) is 5.75 Å². The number of hydrogen-bond donors (Lipinski definition) is 2. The summed E-state index contributed by atoms with van der Waals surface area (Å²) in [6.07, 6.45) is 9.25. The number of benzene rings is 3. The fourth-order valence-corrected chi connectivity index (χ4v) is 4.40. The van der Waals surface area contributed by atoms with Crippen molar-refractivity contribution in [2.75, 3.05) is 19.8 Å². The van der Waals surface area contributed by atoms with Gasteiger partial charge in [-0.2, -0.15) is 0 Å². The number of rotatable bonds is 18.